The summed E-state index contributed by atoms with van der Waals surface area (Å²) < 4.78 is 0. The molecule has 0 N–H and O–H groups in total. The molecule has 17 heavy (non-hydrogen) atoms. The normalized spacial score (nSPS) is 22.7. The maximum Gasteiger partial charge on any atom is 0.244 e. The number of nitrogens with zero attached hydrogens (tertiary/aromatic N) is 2. The maximum atomic E-state index is 12.1. The molecule has 1 aromatic rings. The van der Waals surface area contributed by atoms with E-state index in [1.807, 2.05) is 30.3 Å². The van der Waals surface area contributed by atoms with E-state index in [1.54, 1.807) is 12.3 Å². The fourth-order valence-corrected chi connectivity index (χ4v) is 2.07. The topological polar surface area (TPSA) is 49.7 Å². The summed E-state index contributed by atoms with van der Waals surface area (Å²) in [5.41, 5.74) is 1.34. The number of rotatable bonds is 2. The quantitative estimate of drug-likeness (QED) is 0.711. The zero-order valence-electron chi connectivity index (χ0n) is 9.04. The monoisotopic (exact) mass is 226 g/mol. The van der Waals surface area contributed by atoms with Gasteiger partial charge < -0.3 is 4.90 Å². The molecule has 2 aliphatic heterocycles. The van der Waals surface area contributed by atoms with Crippen LogP contribution < -0.4 is 4.90 Å². The Morgan fingerprint density at radius 3 is 2.47 bits per heavy atom. The van der Waals surface area contributed by atoms with Gasteiger partial charge in [0.1, 0.15) is 5.92 Å². The van der Waals surface area contributed by atoms with Crippen molar-refractivity contribution < 1.29 is 9.59 Å². The molecule has 84 valence electrons. The molecular weight excluding hydrogens is 216 g/mol. The zero-order valence-corrected chi connectivity index (χ0v) is 9.04. The van der Waals surface area contributed by atoms with E-state index in [2.05, 4.69) is 4.99 Å². The third kappa shape index (κ3) is 1.49. The van der Waals surface area contributed by atoms with Crippen LogP contribution in [0.4, 0.5) is 5.69 Å². The molecule has 0 spiro atoms. The number of para-hydroxylation sites is 1. The average molecular weight is 226 g/mol. The molecule has 0 aliphatic carbocycles. The molecule has 1 unspecified atom stereocenters. The number of allylic oxidation sites excluding steroid dienone is 1. The number of carbonyl (C=O) groups excluding carboxylic acids is 2. The molecule has 4 nitrogen and oxygen atoms in total. The highest BCUT2D eigenvalue weighted by molar-refractivity contribution is 6.33. The van der Waals surface area contributed by atoms with Crippen molar-refractivity contribution in [3.63, 3.8) is 0 Å². The van der Waals surface area contributed by atoms with E-state index in [9.17, 15) is 9.59 Å². The largest absolute Gasteiger partial charge is 0.304 e. The second-order valence-electron chi connectivity index (χ2n) is 4.03. The van der Waals surface area contributed by atoms with Gasteiger partial charge in [0.2, 0.25) is 5.91 Å². The predicted molar refractivity (Wildman–Crippen MR) is 63.9 cm³/mol. The van der Waals surface area contributed by atoms with Crippen molar-refractivity contribution in [3.05, 3.63) is 42.6 Å². The van der Waals surface area contributed by atoms with Gasteiger partial charge in [0.05, 0.1) is 12.3 Å². The second kappa shape index (κ2) is 3.66. The Morgan fingerprint density at radius 2 is 1.88 bits per heavy atom. The van der Waals surface area contributed by atoms with Gasteiger partial charge in [-0.3, -0.25) is 14.6 Å². The molecule has 1 aromatic carbocycles. The lowest BCUT2D eigenvalue weighted by molar-refractivity contribution is -0.124. The highest BCUT2D eigenvalue weighted by atomic mass is 16.2. The fourth-order valence-electron chi connectivity index (χ4n) is 2.07. The van der Waals surface area contributed by atoms with E-state index in [4.69, 9.17) is 0 Å². The van der Waals surface area contributed by atoms with E-state index in [0.29, 0.717) is 5.71 Å². The van der Waals surface area contributed by atoms with E-state index in [0.717, 1.165) is 5.69 Å². The third-order valence-corrected chi connectivity index (χ3v) is 2.98. The number of hydrogen-bond acceptors (Lipinski definition) is 3. The Morgan fingerprint density at radius 1 is 1.18 bits per heavy atom. The summed E-state index contributed by atoms with van der Waals surface area (Å²) in [6.45, 7) is 0.139. The third-order valence-electron chi connectivity index (χ3n) is 2.98. The van der Waals surface area contributed by atoms with Gasteiger partial charge in [-0.25, -0.2) is 0 Å². The molecule has 0 bridgehead atoms. The average Bonchev–Trinajstić information content (AvgIpc) is 2.56. The van der Waals surface area contributed by atoms with Gasteiger partial charge in [-0.1, -0.05) is 18.2 Å². The SMILES string of the molecule is O=C1CN(c2ccccc2)C(=O)C1C1=NC=C1. The maximum absolute atomic E-state index is 12.1. The number of hydrogen-bond donors (Lipinski definition) is 0. The minimum absolute atomic E-state index is 0.0815. The standard InChI is InChI=1S/C13H10N2O2/c16-11-8-15(9-4-2-1-3-5-9)13(17)12(11)10-6-7-14-10/h1-7,12H,8H2. The summed E-state index contributed by atoms with van der Waals surface area (Å²) in [4.78, 5) is 29.4. The van der Waals surface area contributed by atoms with E-state index in [1.165, 1.54) is 4.90 Å². The minimum atomic E-state index is -0.694. The van der Waals surface area contributed by atoms with E-state index in [-0.39, 0.29) is 18.2 Å². The minimum Gasteiger partial charge on any atom is -0.304 e. The fraction of sp³-hybridized carbons (Fsp3) is 0.154. The van der Waals surface area contributed by atoms with Crippen LogP contribution in [0, 0.1) is 5.92 Å². The number of anilines is 1. The van der Waals surface area contributed by atoms with Crippen molar-refractivity contribution in [3.8, 4) is 0 Å². The molecule has 2 heterocycles. The molecule has 0 aromatic heterocycles. The second-order valence-corrected chi connectivity index (χ2v) is 4.03. The molecule has 4 heteroatoms. The number of amides is 1. The van der Waals surface area contributed by atoms with Crippen LogP contribution in [0.15, 0.2) is 47.6 Å². The highest BCUT2D eigenvalue weighted by Crippen LogP contribution is 2.25. The molecule has 2 aliphatic rings. The molecule has 1 saturated heterocycles. The number of Topliss-reactive ketones (excluding diaryl/α,β-unsaturated/α-hetero) is 1. The lowest BCUT2D eigenvalue weighted by atomic mass is 9.98. The summed E-state index contributed by atoms with van der Waals surface area (Å²) in [6, 6.07) is 9.22. The number of carbonyl (C=O) groups is 2. The van der Waals surface area contributed by atoms with Gasteiger partial charge in [-0.15, -0.1) is 0 Å². The van der Waals surface area contributed by atoms with Crippen molar-refractivity contribution in [2.24, 2.45) is 10.9 Å². The van der Waals surface area contributed by atoms with E-state index < -0.39 is 5.92 Å². The van der Waals surface area contributed by atoms with Crippen LogP contribution in [0.3, 0.4) is 0 Å². The Labute approximate surface area is 98.3 Å². The number of aliphatic imine (C=N–C) groups is 1. The summed E-state index contributed by atoms with van der Waals surface area (Å²) >= 11 is 0. The van der Waals surface area contributed by atoms with Crippen LogP contribution in [0.2, 0.25) is 0 Å². The Balaban J connectivity index is 1.91. The van der Waals surface area contributed by atoms with Crippen LogP contribution in [-0.2, 0) is 9.59 Å². The smallest absolute Gasteiger partial charge is 0.244 e. The van der Waals surface area contributed by atoms with Crippen LogP contribution in [0.25, 0.3) is 0 Å². The summed E-state index contributed by atoms with van der Waals surface area (Å²) in [6.07, 6.45) is 3.32. The first-order valence-corrected chi connectivity index (χ1v) is 5.41. The highest BCUT2D eigenvalue weighted by Gasteiger charge is 2.42. The van der Waals surface area contributed by atoms with Gasteiger partial charge in [0, 0.05) is 11.9 Å². The molecule has 0 radical (unpaired) electrons. The van der Waals surface area contributed by atoms with E-state index >= 15 is 0 Å². The van der Waals surface area contributed by atoms with Crippen molar-refractivity contribution in [1.29, 1.82) is 0 Å². The first kappa shape index (κ1) is 9.96. The first-order valence-electron chi connectivity index (χ1n) is 5.41. The van der Waals surface area contributed by atoms with Crippen molar-refractivity contribution in [1.82, 2.24) is 0 Å². The van der Waals surface area contributed by atoms with Crippen LogP contribution in [0.1, 0.15) is 0 Å². The summed E-state index contributed by atoms with van der Waals surface area (Å²) in [5, 5.41) is 0. The lowest BCUT2D eigenvalue weighted by Gasteiger charge is -2.16. The number of benzene rings is 1. The summed E-state index contributed by atoms with van der Waals surface area (Å²) in [7, 11) is 0. The lowest BCUT2D eigenvalue weighted by Crippen LogP contribution is -2.31. The van der Waals surface area contributed by atoms with Crippen molar-refractivity contribution >= 4 is 23.1 Å². The van der Waals surface area contributed by atoms with Gasteiger partial charge in [0.15, 0.2) is 5.78 Å². The van der Waals surface area contributed by atoms with Crippen LogP contribution in [0.5, 0.6) is 0 Å². The Kier molecular flexibility index (Phi) is 2.14. The van der Waals surface area contributed by atoms with Gasteiger partial charge in [-0.2, -0.15) is 0 Å². The van der Waals surface area contributed by atoms with Gasteiger partial charge in [0.25, 0.3) is 0 Å². The molecule has 1 fully saturated rings. The van der Waals surface area contributed by atoms with Crippen LogP contribution in [-0.4, -0.2) is 23.9 Å². The molecule has 1 amide bonds. The van der Waals surface area contributed by atoms with Crippen molar-refractivity contribution in [2.75, 3.05) is 11.4 Å². The predicted octanol–water partition coefficient (Wildman–Crippen LogP) is 1.19. The molecular formula is C13H10N2O2. The van der Waals surface area contributed by atoms with Gasteiger partial charge in [-0.05, 0) is 18.2 Å². The first-order chi connectivity index (χ1) is 8.27. The zero-order chi connectivity index (χ0) is 11.8. The molecule has 3 rings (SSSR count). The number of ketones is 1. The van der Waals surface area contributed by atoms with Crippen molar-refractivity contribution in [2.45, 2.75) is 0 Å². The Hall–Kier alpha value is -2.23. The summed E-state index contributed by atoms with van der Waals surface area (Å²) in [5.74, 6) is -0.952. The Bertz CT molecular complexity index is 546. The van der Waals surface area contributed by atoms with Gasteiger partial charge >= 0.3 is 0 Å². The molecule has 0 saturated carbocycles. The molecule has 1 atom stereocenters. The van der Waals surface area contributed by atoms with Crippen LogP contribution >= 0.6 is 0 Å².